The Morgan fingerprint density at radius 1 is 0.810 bits per heavy atom. The molecule has 1 aliphatic rings. The fraction of sp³-hybridized carbons (Fsp3) is 1.00. The average molecular weight is 332 g/mol. The fourth-order valence-electron chi connectivity index (χ4n) is 2.08. The molecule has 1 rings (SSSR count). The van der Waals surface area contributed by atoms with Crippen LogP contribution in [0.2, 0.25) is 36.3 Å². The van der Waals surface area contributed by atoms with Crippen LogP contribution in [0.25, 0.3) is 0 Å². The molecule has 1 N–H and O–H groups in total. The molecule has 0 bridgehead atoms. The maximum Gasteiger partial charge on any atom is 0.195 e. The summed E-state index contributed by atoms with van der Waals surface area (Å²) in [6.07, 6.45) is 0.964. The van der Waals surface area contributed by atoms with Gasteiger partial charge in [0.05, 0.1) is 0 Å². The van der Waals surface area contributed by atoms with Crippen LogP contribution >= 0.6 is 0 Å². The highest BCUT2D eigenvalue weighted by Crippen LogP contribution is 2.45. The minimum atomic E-state index is -1.84. The Balaban J connectivity index is 3.01. The first-order chi connectivity index (χ1) is 9.12. The molecule has 3 nitrogen and oxygen atoms in total. The molecule has 0 aromatic carbocycles. The fourth-order valence-corrected chi connectivity index (χ4v) is 5.06. The van der Waals surface area contributed by atoms with Crippen molar-refractivity contribution in [2.75, 3.05) is 13.1 Å². The van der Waals surface area contributed by atoms with Crippen molar-refractivity contribution in [1.29, 1.82) is 0 Å². The summed E-state index contributed by atoms with van der Waals surface area (Å²) in [5.41, 5.74) is 0. The van der Waals surface area contributed by atoms with Gasteiger partial charge in [-0.05, 0) is 36.3 Å². The van der Waals surface area contributed by atoms with E-state index in [9.17, 15) is 0 Å². The Hall–Kier alpha value is 0.314. The van der Waals surface area contributed by atoms with Crippen molar-refractivity contribution in [3.05, 3.63) is 0 Å². The third kappa shape index (κ3) is 4.41. The molecular formula is C16H37NO2Si2. The second-order valence-corrected chi connectivity index (χ2v) is 19.0. The first-order valence-corrected chi connectivity index (χ1v) is 14.0. The van der Waals surface area contributed by atoms with Crippen molar-refractivity contribution < 1.29 is 8.85 Å². The van der Waals surface area contributed by atoms with Crippen LogP contribution in [0.15, 0.2) is 0 Å². The lowest BCUT2D eigenvalue weighted by atomic mass is 10.2. The van der Waals surface area contributed by atoms with E-state index in [-0.39, 0.29) is 10.1 Å². The number of nitrogens with one attached hydrogen (secondary N) is 1. The largest absolute Gasteiger partial charge is 0.390 e. The molecule has 1 saturated heterocycles. The molecule has 0 aromatic rings. The van der Waals surface area contributed by atoms with Crippen molar-refractivity contribution >= 4 is 16.6 Å². The Bertz CT molecular complexity index is 331. The summed E-state index contributed by atoms with van der Waals surface area (Å²) in [5.74, 6) is -0.411. The van der Waals surface area contributed by atoms with Crippen molar-refractivity contribution in [2.24, 2.45) is 0 Å². The van der Waals surface area contributed by atoms with Gasteiger partial charge in [-0.15, -0.1) is 0 Å². The molecule has 1 heterocycles. The van der Waals surface area contributed by atoms with Crippen molar-refractivity contribution in [2.45, 2.75) is 90.0 Å². The molecule has 0 amide bonds. The van der Waals surface area contributed by atoms with E-state index < -0.39 is 22.4 Å². The zero-order valence-electron chi connectivity index (χ0n) is 15.9. The van der Waals surface area contributed by atoms with E-state index in [2.05, 4.69) is 73.0 Å². The predicted molar refractivity (Wildman–Crippen MR) is 96.8 cm³/mol. The third-order valence-electron chi connectivity index (χ3n) is 5.57. The Kier molecular flexibility index (Phi) is 5.30. The van der Waals surface area contributed by atoms with Gasteiger partial charge in [-0.1, -0.05) is 41.5 Å². The molecule has 0 spiro atoms. The molecule has 0 radical (unpaired) electrons. The van der Waals surface area contributed by atoms with Crippen molar-refractivity contribution in [3.63, 3.8) is 0 Å². The number of hydrogen-bond acceptors (Lipinski definition) is 3. The van der Waals surface area contributed by atoms with E-state index >= 15 is 0 Å². The minimum absolute atomic E-state index is 0.208. The SMILES string of the molecule is CC(C)(C)[Si](C)(C)OC1(O[Si](C)(C)C(C)(C)C)CCNC1. The molecule has 0 aromatic heterocycles. The molecule has 0 aliphatic carbocycles. The summed E-state index contributed by atoms with van der Waals surface area (Å²) in [7, 11) is -3.69. The summed E-state index contributed by atoms with van der Waals surface area (Å²) >= 11 is 0. The molecular weight excluding hydrogens is 294 g/mol. The Morgan fingerprint density at radius 2 is 1.19 bits per heavy atom. The first-order valence-electron chi connectivity index (χ1n) is 8.23. The van der Waals surface area contributed by atoms with E-state index in [1.54, 1.807) is 0 Å². The number of rotatable bonds is 4. The maximum absolute atomic E-state index is 6.77. The van der Waals surface area contributed by atoms with Crippen LogP contribution in [0.5, 0.6) is 0 Å². The van der Waals surface area contributed by atoms with Crippen LogP contribution in [0.1, 0.15) is 48.0 Å². The van der Waals surface area contributed by atoms with Gasteiger partial charge >= 0.3 is 0 Å². The lowest BCUT2D eigenvalue weighted by Crippen LogP contribution is -2.57. The van der Waals surface area contributed by atoms with Gasteiger partial charge in [0.2, 0.25) is 0 Å². The summed E-state index contributed by atoms with van der Waals surface area (Å²) < 4.78 is 13.5. The highest BCUT2D eigenvalue weighted by Gasteiger charge is 2.51. The Morgan fingerprint density at radius 3 is 1.43 bits per heavy atom. The van der Waals surface area contributed by atoms with Gasteiger partial charge in [-0.2, -0.15) is 0 Å². The topological polar surface area (TPSA) is 30.5 Å². The molecule has 1 aliphatic heterocycles. The van der Waals surface area contributed by atoms with Crippen LogP contribution in [-0.4, -0.2) is 35.5 Å². The number of hydrogen-bond donors (Lipinski definition) is 1. The van der Waals surface area contributed by atoms with E-state index in [1.165, 1.54) is 0 Å². The second-order valence-electron chi connectivity index (χ2n) is 9.56. The highest BCUT2D eigenvalue weighted by atomic mass is 28.4. The van der Waals surface area contributed by atoms with E-state index in [0.717, 1.165) is 19.5 Å². The lowest BCUT2D eigenvalue weighted by Gasteiger charge is -2.49. The standard InChI is InChI=1S/C16H37NO2Si2/c1-14(2,3)20(7,8)18-16(11-12-17-13-16)19-21(9,10)15(4,5)6/h17H,11-13H2,1-10H3. The van der Waals surface area contributed by atoms with Gasteiger partial charge in [-0.3, -0.25) is 0 Å². The third-order valence-corrected chi connectivity index (χ3v) is 14.6. The van der Waals surface area contributed by atoms with E-state index in [4.69, 9.17) is 8.85 Å². The van der Waals surface area contributed by atoms with Crippen LogP contribution in [0, 0.1) is 0 Å². The van der Waals surface area contributed by atoms with Crippen LogP contribution in [0.4, 0.5) is 0 Å². The summed E-state index contributed by atoms with van der Waals surface area (Å²) in [4.78, 5) is 0. The monoisotopic (exact) mass is 331 g/mol. The summed E-state index contributed by atoms with van der Waals surface area (Å²) in [5, 5.41) is 3.87. The lowest BCUT2D eigenvalue weighted by molar-refractivity contribution is -0.116. The maximum atomic E-state index is 6.77. The molecule has 126 valence electrons. The van der Waals surface area contributed by atoms with Gasteiger partial charge in [0, 0.05) is 19.5 Å². The quantitative estimate of drug-likeness (QED) is 0.597. The first kappa shape index (κ1) is 19.4. The smallest absolute Gasteiger partial charge is 0.195 e. The van der Waals surface area contributed by atoms with Crippen LogP contribution in [-0.2, 0) is 8.85 Å². The summed E-state index contributed by atoms with van der Waals surface area (Å²) in [6.45, 7) is 24.9. The van der Waals surface area contributed by atoms with Crippen molar-refractivity contribution in [1.82, 2.24) is 5.32 Å². The molecule has 0 unspecified atom stereocenters. The van der Waals surface area contributed by atoms with Gasteiger partial charge in [-0.25, -0.2) is 0 Å². The molecule has 0 saturated carbocycles. The van der Waals surface area contributed by atoms with Crippen LogP contribution < -0.4 is 5.32 Å². The van der Waals surface area contributed by atoms with Crippen molar-refractivity contribution in [3.8, 4) is 0 Å². The van der Waals surface area contributed by atoms with E-state index in [1.807, 2.05) is 0 Å². The summed E-state index contributed by atoms with van der Waals surface area (Å²) in [6, 6.07) is 0. The Labute approximate surface area is 134 Å². The molecule has 5 heteroatoms. The molecule has 21 heavy (non-hydrogen) atoms. The molecule has 1 fully saturated rings. The van der Waals surface area contributed by atoms with Gasteiger partial charge in [0.25, 0.3) is 0 Å². The average Bonchev–Trinajstić information content (AvgIpc) is 2.60. The second kappa shape index (κ2) is 5.75. The minimum Gasteiger partial charge on any atom is -0.390 e. The van der Waals surface area contributed by atoms with E-state index in [0.29, 0.717) is 0 Å². The normalized spacial score (nSPS) is 20.9. The highest BCUT2D eigenvalue weighted by molar-refractivity contribution is 6.75. The zero-order valence-corrected chi connectivity index (χ0v) is 17.9. The molecule has 0 atom stereocenters. The van der Waals surface area contributed by atoms with Gasteiger partial charge < -0.3 is 14.2 Å². The van der Waals surface area contributed by atoms with Gasteiger partial charge in [0.1, 0.15) is 0 Å². The van der Waals surface area contributed by atoms with Gasteiger partial charge in [0.15, 0.2) is 22.4 Å². The van der Waals surface area contributed by atoms with Crippen LogP contribution in [0.3, 0.4) is 0 Å². The predicted octanol–water partition coefficient (Wildman–Crippen LogP) is 4.72. The zero-order chi connectivity index (χ0) is 16.7.